The minimum absolute atomic E-state index is 0.163. The molecule has 2 rings (SSSR count). The highest BCUT2D eigenvalue weighted by atomic mass is 16.5. The number of nitrogens with zero attached hydrogens (tertiary/aromatic N) is 1. The maximum Gasteiger partial charge on any atom is 0.254 e. The monoisotopic (exact) mass is 285 g/mol. The van der Waals surface area contributed by atoms with Crippen molar-refractivity contribution in [3.63, 3.8) is 0 Å². The summed E-state index contributed by atoms with van der Waals surface area (Å²) in [7, 11) is 1.60. The molecule has 0 aliphatic heterocycles. The van der Waals surface area contributed by atoms with Gasteiger partial charge in [-0.15, -0.1) is 0 Å². The quantitative estimate of drug-likeness (QED) is 0.855. The molecule has 0 bridgehead atoms. The molecule has 1 aromatic heterocycles. The fourth-order valence-electron chi connectivity index (χ4n) is 1.99. The lowest BCUT2D eigenvalue weighted by atomic mass is 10.2. The number of hydrogen-bond donors (Lipinski definition) is 2. The number of ether oxygens (including phenoxy) is 1. The van der Waals surface area contributed by atoms with Crippen molar-refractivity contribution in [2.45, 2.75) is 13.5 Å². The Bertz CT molecular complexity index is 614. The Morgan fingerprint density at radius 2 is 2.05 bits per heavy atom. The van der Waals surface area contributed by atoms with E-state index in [1.54, 1.807) is 25.4 Å². The van der Waals surface area contributed by atoms with E-state index in [2.05, 4.69) is 15.6 Å². The molecule has 0 aliphatic carbocycles. The number of amides is 1. The Kier molecular flexibility index (Phi) is 5.15. The van der Waals surface area contributed by atoms with Gasteiger partial charge in [0.2, 0.25) is 0 Å². The van der Waals surface area contributed by atoms with Gasteiger partial charge in [0.1, 0.15) is 11.6 Å². The molecule has 5 nitrogen and oxygen atoms in total. The van der Waals surface area contributed by atoms with Crippen LogP contribution in [-0.4, -0.2) is 24.5 Å². The van der Waals surface area contributed by atoms with Crippen LogP contribution >= 0.6 is 0 Å². The summed E-state index contributed by atoms with van der Waals surface area (Å²) in [4.78, 5) is 16.0. The average Bonchev–Trinajstić information content (AvgIpc) is 2.54. The van der Waals surface area contributed by atoms with Gasteiger partial charge in [-0.3, -0.25) is 4.79 Å². The summed E-state index contributed by atoms with van der Waals surface area (Å²) in [6, 6.07) is 11.3. The number of pyridine rings is 1. The normalized spacial score (nSPS) is 10.0. The summed E-state index contributed by atoms with van der Waals surface area (Å²) >= 11 is 0. The third kappa shape index (κ3) is 3.72. The minimum atomic E-state index is -0.163. The molecule has 5 heteroatoms. The molecular weight excluding hydrogens is 266 g/mol. The summed E-state index contributed by atoms with van der Waals surface area (Å²) in [6.07, 6.45) is 1.66. The van der Waals surface area contributed by atoms with Crippen molar-refractivity contribution in [1.29, 1.82) is 0 Å². The van der Waals surface area contributed by atoms with E-state index in [0.717, 1.165) is 11.3 Å². The minimum Gasteiger partial charge on any atom is -0.494 e. The summed E-state index contributed by atoms with van der Waals surface area (Å²) in [5.41, 5.74) is 1.54. The zero-order chi connectivity index (χ0) is 15.1. The molecule has 0 aliphatic rings. The van der Waals surface area contributed by atoms with Crippen molar-refractivity contribution in [2.75, 3.05) is 19.0 Å². The summed E-state index contributed by atoms with van der Waals surface area (Å²) in [6.45, 7) is 3.11. The lowest BCUT2D eigenvalue weighted by Gasteiger charge is -2.13. The first kappa shape index (κ1) is 14.8. The molecule has 0 radical (unpaired) electrons. The van der Waals surface area contributed by atoms with Gasteiger partial charge < -0.3 is 15.4 Å². The lowest BCUT2D eigenvalue weighted by molar-refractivity contribution is 0.0963. The Hall–Kier alpha value is -2.56. The van der Waals surface area contributed by atoms with Gasteiger partial charge in [0.15, 0.2) is 0 Å². The van der Waals surface area contributed by atoms with Crippen LogP contribution in [0.3, 0.4) is 0 Å². The van der Waals surface area contributed by atoms with Gasteiger partial charge in [-0.2, -0.15) is 0 Å². The van der Waals surface area contributed by atoms with E-state index < -0.39 is 0 Å². The lowest BCUT2D eigenvalue weighted by Crippen LogP contribution is -2.20. The fraction of sp³-hybridized carbons (Fsp3) is 0.250. The van der Waals surface area contributed by atoms with Crippen molar-refractivity contribution < 1.29 is 9.53 Å². The highest BCUT2D eigenvalue weighted by Crippen LogP contribution is 2.20. The molecule has 2 N–H and O–H groups in total. The number of benzene rings is 1. The second kappa shape index (κ2) is 7.28. The first-order valence-corrected chi connectivity index (χ1v) is 6.88. The van der Waals surface area contributed by atoms with Gasteiger partial charge in [0.25, 0.3) is 5.91 Å². The third-order valence-electron chi connectivity index (χ3n) is 3.00. The Morgan fingerprint density at radius 3 is 2.81 bits per heavy atom. The largest absolute Gasteiger partial charge is 0.494 e. The van der Waals surface area contributed by atoms with Crippen LogP contribution in [0.4, 0.5) is 5.82 Å². The van der Waals surface area contributed by atoms with Gasteiger partial charge >= 0.3 is 0 Å². The average molecular weight is 285 g/mol. The number of hydrogen-bond acceptors (Lipinski definition) is 4. The predicted molar refractivity (Wildman–Crippen MR) is 82.6 cm³/mol. The molecule has 0 spiro atoms. The molecule has 1 amide bonds. The molecule has 1 aromatic carbocycles. The van der Waals surface area contributed by atoms with E-state index in [1.165, 1.54) is 0 Å². The number of para-hydroxylation sites is 1. The first-order chi connectivity index (χ1) is 10.3. The number of aromatic nitrogens is 1. The van der Waals surface area contributed by atoms with E-state index in [4.69, 9.17) is 4.74 Å². The van der Waals surface area contributed by atoms with Crippen molar-refractivity contribution >= 4 is 11.7 Å². The second-order valence-corrected chi connectivity index (χ2v) is 4.37. The van der Waals surface area contributed by atoms with Gasteiger partial charge in [-0.25, -0.2) is 4.98 Å². The Balaban J connectivity index is 2.15. The fourth-order valence-corrected chi connectivity index (χ4v) is 1.99. The molecule has 0 saturated heterocycles. The standard InChI is InChI=1S/C16H19N3O2/c1-3-21-14-9-5-4-7-12(14)11-19-15-13(16(20)17-2)8-6-10-18-15/h4-10H,3,11H2,1-2H3,(H,17,20)(H,18,19). The predicted octanol–water partition coefficient (Wildman–Crippen LogP) is 2.45. The maximum absolute atomic E-state index is 11.8. The molecule has 21 heavy (non-hydrogen) atoms. The Morgan fingerprint density at radius 1 is 1.24 bits per heavy atom. The molecule has 2 aromatic rings. The van der Waals surface area contributed by atoms with Crippen LogP contribution in [0.25, 0.3) is 0 Å². The van der Waals surface area contributed by atoms with E-state index in [9.17, 15) is 4.79 Å². The van der Waals surface area contributed by atoms with Gasteiger partial charge in [0, 0.05) is 25.4 Å². The van der Waals surface area contributed by atoms with Crippen LogP contribution in [0.5, 0.6) is 5.75 Å². The van der Waals surface area contributed by atoms with Gasteiger partial charge in [-0.1, -0.05) is 18.2 Å². The smallest absolute Gasteiger partial charge is 0.254 e. The van der Waals surface area contributed by atoms with E-state index in [1.807, 2.05) is 31.2 Å². The second-order valence-electron chi connectivity index (χ2n) is 4.37. The van der Waals surface area contributed by atoms with E-state index in [0.29, 0.717) is 24.5 Å². The molecule has 0 unspecified atom stereocenters. The van der Waals surface area contributed by atoms with Crippen LogP contribution in [0.1, 0.15) is 22.8 Å². The van der Waals surface area contributed by atoms with Crippen LogP contribution < -0.4 is 15.4 Å². The molecule has 0 fully saturated rings. The van der Waals surface area contributed by atoms with Crippen LogP contribution in [-0.2, 0) is 6.54 Å². The summed E-state index contributed by atoms with van der Waals surface area (Å²) in [5, 5.41) is 5.80. The molecule has 1 heterocycles. The van der Waals surface area contributed by atoms with Crippen molar-refractivity contribution in [1.82, 2.24) is 10.3 Å². The number of rotatable bonds is 6. The van der Waals surface area contributed by atoms with Crippen molar-refractivity contribution in [3.05, 3.63) is 53.7 Å². The molecular formula is C16H19N3O2. The van der Waals surface area contributed by atoms with Crippen molar-refractivity contribution in [2.24, 2.45) is 0 Å². The van der Waals surface area contributed by atoms with Crippen molar-refractivity contribution in [3.8, 4) is 5.75 Å². The van der Waals surface area contributed by atoms with Gasteiger partial charge in [0.05, 0.1) is 12.2 Å². The summed E-state index contributed by atoms with van der Waals surface area (Å²) < 4.78 is 5.58. The van der Waals surface area contributed by atoms with Gasteiger partial charge in [-0.05, 0) is 25.1 Å². The van der Waals surface area contributed by atoms with Crippen LogP contribution in [0.2, 0.25) is 0 Å². The molecule has 110 valence electrons. The van der Waals surface area contributed by atoms with Crippen LogP contribution in [0.15, 0.2) is 42.6 Å². The third-order valence-corrected chi connectivity index (χ3v) is 3.00. The molecule has 0 atom stereocenters. The topological polar surface area (TPSA) is 63.2 Å². The zero-order valence-corrected chi connectivity index (χ0v) is 12.2. The van der Waals surface area contributed by atoms with Crippen LogP contribution in [0, 0.1) is 0 Å². The highest BCUT2D eigenvalue weighted by molar-refractivity contribution is 5.98. The number of nitrogens with one attached hydrogen (secondary N) is 2. The highest BCUT2D eigenvalue weighted by Gasteiger charge is 2.11. The van der Waals surface area contributed by atoms with E-state index >= 15 is 0 Å². The summed E-state index contributed by atoms with van der Waals surface area (Å²) in [5.74, 6) is 1.23. The first-order valence-electron chi connectivity index (χ1n) is 6.88. The van der Waals surface area contributed by atoms with E-state index in [-0.39, 0.29) is 5.91 Å². The SMILES string of the molecule is CCOc1ccccc1CNc1ncccc1C(=O)NC. The number of carbonyl (C=O) groups is 1. The molecule has 0 saturated carbocycles. The zero-order valence-electron chi connectivity index (χ0n) is 12.2. The number of anilines is 1. The number of carbonyl (C=O) groups excluding carboxylic acids is 1. The Labute approximate surface area is 124 Å². The maximum atomic E-state index is 11.8.